The molecule has 0 saturated carbocycles. The minimum Gasteiger partial charge on any atom is -0.495 e. The molecule has 2 N–H and O–H groups in total. The molecular formula is C47H64ClN7O13S2. The number of methoxy groups -OCH3 is 2. The Labute approximate surface area is 420 Å². The molecule has 9 atom stereocenters. The smallest absolute Gasteiger partial charge is 0.409 e. The summed E-state index contributed by atoms with van der Waals surface area (Å²) < 4.78 is 36.8. The second-order valence-electron chi connectivity index (χ2n) is 18.3. The van der Waals surface area contributed by atoms with Gasteiger partial charge in [0.25, 0.3) is 0 Å². The second-order valence-corrected chi connectivity index (χ2v) is 21.4. The normalized spacial score (nSPS) is 28.8. The molecule has 0 spiro atoms. The number of likely N-dealkylation sites (tertiary alicyclic amines) is 1. The van der Waals surface area contributed by atoms with Crippen molar-refractivity contribution in [2.45, 2.75) is 122 Å². The van der Waals surface area contributed by atoms with Crippen LogP contribution in [-0.4, -0.2) is 160 Å². The summed E-state index contributed by atoms with van der Waals surface area (Å²) in [6.07, 6.45) is 2.72. The maximum absolute atomic E-state index is 14.3. The van der Waals surface area contributed by atoms with E-state index >= 15 is 0 Å². The number of esters is 1. The van der Waals surface area contributed by atoms with Crippen molar-refractivity contribution in [3.63, 3.8) is 0 Å². The zero-order valence-electron chi connectivity index (χ0n) is 41.0. The molecule has 4 bridgehead atoms. The van der Waals surface area contributed by atoms with Crippen LogP contribution in [0.2, 0.25) is 5.02 Å². The number of allylic oxidation sites excluding steroid dienone is 3. The van der Waals surface area contributed by atoms with Gasteiger partial charge >= 0.3 is 12.1 Å². The number of likely N-dealkylation sites (N-methyl/N-ethyl adjacent to an activating group) is 1. The van der Waals surface area contributed by atoms with E-state index in [1.54, 1.807) is 80.7 Å². The minimum absolute atomic E-state index is 0.0747. The van der Waals surface area contributed by atoms with Gasteiger partial charge in [0.2, 0.25) is 23.6 Å². The highest BCUT2D eigenvalue weighted by atomic mass is 35.5. The van der Waals surface area contributed by atoms with Crippen LogP contribution < -0.4 is 15.0 Å². The van der Waals surface area contributed by atoms with Crippen LogP contribution in [-0.2, 0) is 67.2 Å². The number of aromatic nitrogens is 3. The summed E-state index contributed by atoms with van der Waals surface area (Å²) in [5.74, 6) is -1.32. The number of imide groups is 1. The first-order valence-corrected chi connectivity index (χ1v) is 26.0. The number of alkyl carbamates (subject to hydrolysis) is 1. The molecule has 23 heteroatoms. The minimum atomic E-state index is -1.86. The molecule has 2 aromatic rings. The van der Waals surface area contributed by atoms with Crippen molar-refractivity contribution >= 4 is 74.6 Å². The fourth-order valence-electron chi connectivity index (χ4n) is 8.69. The fourth-order valence-corrected chi connectivity index (χ4v) is 10.8. The first kappa shape index (κ1) is 54.6. The maximum atomic E-state index is 14.3. The Kier molecular flexibility index (Phi) is 18.5. The monoisotopic (exact) mass is 1030 g/mol. The standard InChI is InChI=1S/C47H64ClN7O13S2/c1-27-11-10-12-36(64-9)47(62)24-35(66-45(61)49-47)29(3)42-46(5,68-42)37(23-39(57)53(7)33-21-31(19-27)22-34(63-8)41(33)48)67-44(60)30(4)52(6)38(56)13-17-69-70-18-16-65-15-14-54-25-32(50-51-54)26-55-40(58)20-28(2)43(55)59/h10-12,21-22,25,28-30,35-37,42,62H,13-20,23-24,26H2,1-9H3,(H,49,61)/b12-10+,27-11+/t28?,29-,30+,35+,36-,37+,42-,46+,47+/m1/s1. The molecule has 6 rings (SSSR count). The molecule has 5 amide bonds. The highest BCUT2D eigenvalue weighted by Crippen LogP contribution is 2.49. The Morgan fingerprint density at radius 3 is 2.54 bits per heavy atom. The lowest BCUT2D eigenvalue weighted by Gasteiger charge is -2.42. The number of fused-ring (bicyclic) bond motifs is 5. The van der Waals surface area contributed by atoms with Gasteiger partial charge in [-0.25, -0.2) is 14.3 Å². The molecule has 1 unspecified atom stereocenters. The number of nitrogens with one attached hydrogen (secondary N) is 1. The summed E-state index contributed by atoms with van der Waals surface area (Å²) in [5, 5.41) is 22.7. The van der Waals surface area contributed by atoms with Gasteiger partial charge in [-0.15, -0.1) is 5.10 Å². The van der Waals surface area contributed by atoms with Crippen LogP contribution >= 0.6 is 33.2 Å². The van der Waals surface area contributed by atoms with E-state index < -0.39 is 65.7 Å². The number of hydrogen-bond acceptors (Lipinski definition) is 17. The number of nitrogens with zero attached hydrogens (tertiary/aromatic N) is 6. The molecule has 4 aliphatic rings. The Hall–Kier alpha value is -4.71. The van der Waals surface area contributed by atoms with Crippen molar-refractivity contribution < 1.29 is 62.3 Å². The van der Waals surface area contributed by atoms with Crippen molar-refractivity contribution in [3.05, 3.63) is 58.4 Å². The van der Waals surface area contributed by atoms with Crippen molar-refractivity contribution in [2.24, 2.45) is 11.8 Å². The lowest BCUT2D eigenvalue weighted by molar-refractivity contribution is -0.162. The average Bonchev–Trinajstić information content (AvgIpc) is 3.71. The van der Waals surface area contributed by atoms with Gasteiger partial charge in [-0.3, -0.25) is 29.4 Å². The van der Waals surface area contributed by atoms with Crippen LogP contribution in [0, 0.1) is 11.8 Å². The Balaban J connectivity index is 1.05. The van der Waals surface area contributed by atoms with Crippen LogP contribution in [0.25, 0.3) is 0 Å². The quantitative estimate of drug-likeness (QED) is 0.0731. The zero-order chi connectivity index (χ0) is 51.1. The van der Waals surface area contributed by atoms with Crippen molar-refractivity contribution in [1.82, 2.24) is 30.1 Å². The molecule has 3 saturated heterocycles. The molecule has 1 aromatic carbocycles. The molecule has 0 radical (unpaired) electrons. The predicted octanol–water partition coefficient (Wildman–Crippen LogP) is 4.49. The number of hydrogen-bond donors (Lipinski definition) is 2. The molecule has 5 heterocycles. The van der Waals surface area contributed by atoms with Crippen molar-refractivity contribution in [1.29, 1.82) is 0 Å². The lowest BCUT2D eigenvalue weighted by Crippen LogP contribution is -2.63. The summed E-state index contributed by atoms with van der Waals surface area (Å²) in [6, 6.07) is 2.53. The van der Waals surface area contributed by atoms with E-state index in [0.29, 0.717) is 54.8 Å². The third kappa shape index (κ3) is 13.0. The van der Waals surface area contributed by atoms with E-state index in [4.69, 9.17) is 40.0 Å². The predicted molar refractivity (Wildman–Crippen MR) is 261 cm³/mol. The molecule has 1 aromatic heterocycles. The van der Waals surface area contributed by atoms with Gasteiger partial charge in [0, 0.05) is 63.8 Å². The topological polar surface area (TPSA) is 234 Å². The number of carbonyl (C=O) groups is 6. The van der Waals surface area contributed by atoms with Crippen LogP contribution in [0.15, 0.2) is 42.1 Å². The van der Waals surface area contributed by atoms with E-state index in [9.17, 15) is 33.9 Å². The molecule has 3 fully saturated rings. The maximum Gasteiger partial charge on any atom is 0.409 e. The van der Waals surface area contributed by atoms with Crippen LogP contribution in [0.4, 0.5) is 10.5 Å². The van der Waals surface area contributed by atoms with Gasteiger partial charge in [-0.05, 0) is 44.9 Å². The SMILES string of the molecule is COc1cc2cc(c1Cl)N(C)C(=O)C[C@H](OC(=O)[C@H](C)N(C)C(=O)CCSSCCOCCn1cc(CN3C(=O)CC(C)C3=O)nn1)[C@]1(C)O[C@@H]1[C@H](C)[C@@H]1C[C@@](O)(NC(=O)O1)[C@H](OC)/C=C/C=C(\C)C2. The van der Waals surface area contributed by atoms with Crippen molar-refractivity contribution in [3.8, 4) is 5.75 Å². The fraction of sp³-hybridized carbons (Fsp3) is 0.617. The first-order chi connectivity index (χ1) is 33.2. The number of aliphatic hydroxyl groups is 1. The van der Waals surface area contributed by atoms with E-state index in [0.717, 1.165) is 11.1 Å². The van der Waals surface area contributed by atoms with E-state index in [-0.39, 0.29) is 60.9 Å². The Morgan fingerprint density at radius 2 is 1.84 bits per heavy atom. The third-order valence-electron chi connectivity index (χ3n) is 13.2. The highest BCUT2D eigenvalue weighted by Gasteiger charge is 2.64. The first-order valence-electron chi connectivity index (χ1n) is 23.1. The van der Waals surface area contributed by atoms with Gasteiger partial charge in [0.05, 0.1) is 57.8 Å². The number of ether oxygens (including phenoxy) is 6. The zero-order valence-corrected chi connectivity index (χ0v) is 43.4. The number of rotatable bonds is 17. The van der Waals surface area contributed by atoms with Gasteiger partial charge < -0.3 is 43.3 Å². The molecule has 0 aliphatic carbocycles. The Morgan fingerprint density at radius 1 is 1.10 bits per heavy atom. The molecule has 20 nitrogen and oxygen atoms in total. The second kappa shape index (κ2) is 23.7. The van der Waals surface area contributed by atoms with Crippen LogP contribution in [0.1, 0.15) is 71.6 Å². The number of amides is 5. The third-order valence-corrected chi connectivity index (χ3v) is 15.9. The van der Waals surface area contributed by atoms with Gasteiger partial charge in [0.15, 0.2) is 5.72 Å². The summed E-state index contributed by atoms with van der Waals surface area (Å²) in [5.41, 5.74) is -0.519. The molecule has 4 aliphatic heterocycles. The summed E-state index contributed by atoms with van der Waals surface area (Å²) in [6.45, 7) is 10.1. The molecule has 70 heavy (non-hydrogen) atoms. The largest absolute Gasteiger partial charge is 0.495 e. The highest BCUT2D eigenvalue weighted by molar-refractivity contribution is 8.76. The number of epoxide rings is 1. The summed E-state index contributed by atoms with van der Waals surface area (Å²) in [7, 11) is 9.03. The van der Waals surface area contributed by atoms with E-state index in [1.165, 1.54) is 46.8 Å². The van der Waals surface area contributed by atoms with Crippen LogP contribution in [0.3, 0.4) is 0 Å². The van der Waals surface area contributed by atoms with Crippen molar-refractivity contribution in [2.75, 3.05) is 57.9 Å². The van der Waals surface area contributed by atoms with E-state index in [1.807, 2.05) is 13.0 Å². The summed E-state index contributed by atoms with van der Waals surface area (Å²) in [4.78, 5) is 82.9. The average molecular weight is 1030 g/mol. The number of benzene rings is 1. The van der Waals surface area contributed by atoms with Crippen LogP contribution in [0.5, 0.6) is 5.75 Å². The molecular weight excluding hydrogens is 970 g/mol. The van der Waals surface area contributed by atoms with Gasteiger partial charge in [0.1, 0.15) is 46.4 Å². The van der Waals surface area contributed by atoms with Gasteiger partial charge in [-0.1, -0.05) is 76.1 Å². The summed E-state index contributed by atoms with van der Waals surface area (Å²) >= 11 is 6.81. The lowest BCUT2D eigenvalue weighted by atomic mass is 9.83. The van der Waals surface area contributed by atoms with E-state index in [2.05, 4.69) is 15.6 Å². The molecule has 384 valence electrons. The Bertz CT molecular complexity index is 2340. The van der Waals surface area contributed by atoms with Gasteiger partial charge in [-0.2, -0.15) is 0 Å². The number of carbonyl (C=O) groups excluding carboxylic acids is 6. The number of anilines is 1. The number of halogens is 1.